The Morgan fingerprint density at radius 1 is 0.952 bits per heavy atom. The zero-order valence-corrected chi connectivity index (χ0v) is 24.0. The van der Waals surface area contributed by atoms with Crippen molar-refractivity contribution >= 4 is 32.7 Å². The predicted molar refractivity (Wildman–Crippen MR) is 159 cm³/mol. The first-order valence-electron chi connectivity index (χ1n) is 13.8. The molecule has 4 N–H and O–H groups in total. The molecule has 218 valence electrons. The summed E-state index contributed by atoms with van der Waals surface area (Å²) in [5.41, 5.74) is 8.93. The van der Waals surface area contributed by atoms with Gasteiger partial charge in [0.15, 0.2) is 12.0 Å². The van der Waals surface area contributed by atoms with Crippen LogP contribution in [-0.2, 0) is 43.7 Å². The van der Waals surface area contributed by atoms with Crippen LogP contribution in [-0.4, -0.2) is 39.2 Å². The number of carbonyl (C=O) groups excluding carboxylic acids is 2. The van der Waals surface area contributed by atoms with Gasteiger partial charge in [-0.1, -0.05) is 78.9 Å². The fourth-order valence-electron chi connectivity index (χ4n) is 5.15. The quantitative estimate of drug-likeness (QED) is 0.236. The second-order valence-corrected chi connectivity index (χ2v) is 11.8. The van der Waals surface area contributed by atoms with Gasteiger partial charge in [0.2, 0.25) is 10.0 Å². The third-order valence-electron chi connectivity index (χ3n) is 7.28. The number of hydrogen-bond donors (Lipinski definition) is 3. The largest absolute Gasteiger partial charge is 0.509 e. The summed E-state index contributed by atoms with van der Waals surface area (Å²) in [6.45, 7) is 2.18. The molecule has 9 nitrogen and oxygen atoms in total. The van der Waals surface area contributed by atoms with E-state index in [1.54, 1.807) is 19.1 Å². The Labute approximate surface area is 245 Å². The van der Waals surface area contributed by atoms with Crippen molar-refractivity contribution in [1.82, 2.24) is 10.0 Å². The highest BCUT2D eigenvalue weighted by atomic mass is 32.2. The topological polar surface area (TPSA) is 137 Å². The number of ketones is 1. The van der Waals surface area contributed by atoms with Crippen molar-refractivity contribution in [3.05, 3.63) is 113 Å². The predicted octanol–water partition coefficient (Wildman–Crippen LogP) is 4.14. The maximum Gasteiger partial charge on any atom is 0.509 e. The fourth-order valence-corrected chi connectivity index (χ4v) is 6.39. The lowest BCUT2D eigenvalue weighted by atomic mass is 9.87. The second kappa shape index (κ2) is 12.8. The minimum absolute atomic E-state index is 0.0537. The summed E-state index contributed by atoms with van der Waals surface area (Å²) in [7, 11) is -4.11. The van der Waals surface area contributed by atoms with E-state index in [9.17, 15) is 18.0 Å². The smallest absolute Gasteiger partial charge is 0.435 e. The van der Waals surface area contributed by atoms with Crippen molar-refractivity contribution in [2.45, 2.75) is 49.5 Å². The molecule has 3 atom stereocenters. The summed E-state index contributed by atoms with van der Waals surface area (Å²) in [6, 6.07) is 24.9. The highest BCUT2D eigenvalue weighted by Gasteiger charge is 2.38. The Morgan fingerprint density at radius 2 is 1.64 bits per heavy atom. The van der Waals surface area contributed by atoms with E-state index in [1.807, 2.05) is 72.8 Å². The molecular weight excluding hydrogens is 554 g/mol. The SMILES string of the molecule is CCOC(=O)OC1Cc2ccccc2C(C(=O)[C@H](Cc2ccc(CN)cc2)NS(=O)(=O)c2ccc3ccccc3c2)N1. The molecule has 0 spiro atoms. The first kappa shape index (κ1) is 29.4. The van der Waals surface area contributed by atoms with Crippen LogP contribution < -0.4 is 15.8 Å². The van der Waals surface area contributed by atoms with E-state index in [0.29, 0.717) is 18.5 Å². The summed E-state index contributed by atoms with van der Waals surface area (Å²) in [5.74, 6) is -0.410. The van der Waals surface area contributed by atoms with Gasteiger partial charge < -0.3 is 15.2 Å². The Bertz CT molecular complexity index is 1690. The lowest BCUT2D eigenvalue weighted by molar-refractivity contribution is -0.124. The average molecular weight is 588 g/mol. The van der Waals surface area contributed by atoms with E-state index >= 15 is 0 Å². The van der Waals surface area contributed by atoms with Crippen LogP contribution in [0, 0.1) is 0 Å². The van der Waals surface area contributed by atoms with E-state index in [2.05, 4.69) is 10.0 Å². The molecule has 1 heterocycles. The monoisotopic (exact) mass is 587 g/mol. The number of sulfonamides is 1. The number of ether oxygens (including phenoxy) is 2. The Morgan fingerprint density at radius 3 is 2.38 bits per heavy atom. The summed E-state index contributed by atoms with van der Waals surface area (Å²) < 4.78 is 40.5. The molecule has 10 heteroatoms. The molecular formula is C32H33N3O6S. The highest BCUT2D eigenvalue weighted by Crippen LogP contribution is 2.29. The highest BCUT2D eigenvalue weighted by molar-refractivity contribution is 7.89. The molecule has 1 aliphatic rings. The minimum Gasteiger partial charge on any atom is -0.435 e. The van der Waals surface area contributed by atoms with Crippen LogP contribution in [0.4, 0.5) is 4.79 Å². The van der Waals surface area contributed by atoms with Gasteiger partial charge >= 0.3 is 6.16 Å². The number of rotatable bonds is 10. The number of hydrogen-bond acceptors (Lipinski definition) is 8. The number of benzene rings is 4. The van der Waals surface area contributed by atoms with Crippen molar-refractivity contribution in [1.29, 1.82) is 0 Å². The third-order valence-corrected chi connectivity index (χ3v) is 8.75. The van der Waals surface area contributed by atoms with Crippen LogP contribution in [0.2, 0.25) is 0 Å². The first-order valence-corrected chi connectivity index (χ1v) is 15.3. The van der Waals surface area contributed by atoms with Crippen molar-refractivity contribution in [2.24, 2.45) is 5.73 Å². The second-order valence-electron chi connectivity index (χ2n) is 10.1. The summed E-state index contributed by atoms with van der Waals surface area (Å²) in [5, 5.41) is 4.78. The van der Waals surface area contributed by atoms with Gasteiger partial charge in [0, 0.05) is 13.0 Å². The standard InChI is InChI=1S/C32H33N3O6S/c1-2-40-32(37)41-29-19-25-9-5-6-10-27(25)30(34-29)31(36)28(17-21-11-13-22(20-33)14-12-21)35-42(38,39)26-16-15-23-7-3-4-8-24(23)18-26/h3-16,18,28-30,34-35H,2,17,19-20,33H2,1H3/t28-,29?,30?/m0/s1. The van der Waals surface area contributed by atoms with Crippen LogP contribution in [0.25, 0.3) is 10.8 Å². The van der Waals surface area contributed by atoms with E-state index in [-0.39, 0.29) is 17.9 Å². The lowest BCUT2D eigenvalue weighted by Crippen LogP contribution is -2.52. The Hall–Kier alpha value is -4.09. The van der Waals surface area contributed by atoms with Crippen LogP contribution in [0.5, 0.6) is 0 Å². The zero-order chi connectivity index (χ0) is 29.7. The van der Waals surface area contributed by atoms with Gasteiger partial charge in [0.1, 0.15) is 0 Å². The van der Waals surface area contributed by atoms with Crippen molar-refractivity contribution in [2.75, 3.05) is 6.61 Å². The zero-order valence-electron chi connectivity index (χ0n) is 23.2. The van der Waals surface area contributed by atoms with Crippen LogP contribution in [0.15, 0.2) is 95.9 Å². The molecule has 2 unspecified atom stereocenters. The Balaban J connectivity index is 1.49. The number of nitrogens with two attached hydrogens (primary N) is 1. The fraction of sp³-hybridized carbons (Fsp3) is 0.250. The number of fused-ring (bicyclic) bond motifs is 2. The molecule has 0 amide bonds. The molecule has 1 aliphatic heterocycles. The van der Waals surface area contributed by atoms with Gasteiger partial charge in [-0.15, -0.1) is 0 Å². The Kier molecular flexibility index (Phi) is 8.98. The summed E-state index contributed by atoms with van der Waals surface area (Å²) in [6.07, 6.45) is -1.27. The maximum atomic E-state index is 14.3. The molecule has 0 saturated heterocycles. The van der Waals surface area contributed by atoms with Gasteiger partial charge in [0.25, 0.3) is 0 Å². The normalized spacial score (nSPS) is 17.3. The average Bonchev–Trinajstić information content (AvgIpc) is 3.00. The van der Waals surface area contributed by atoms with Gasteiger partial charge in [0.05, 0.1) is 23.6 Å². The van der Waals surface area contributed by atoms with Crippen LogP contribution in [0.1, 0.15) is 35.2 Å². The maximum absolute atomic E-state index is 14.3. The van der Waals surface area contributed by atoms with E-state index in [0.717, 1.165) is 27.5 Å². The minimum atomic E-state index is -4.11. The molecule has 0 aliphatic carbocycles. The molecule has 4 aromatic carbocycles. The van der Waals surface area contributed by atoms with Crippen molar-refractivity contribution in [3.8, 4) is 0 Å². The van der Waals surface area contributed by atoms with Crippen LogP contribution >= 0.6 is 0 Å². The van der Waals surface area contributed by atoms with Gasteiger partial charge in [-0.05, 0) is 58.5 Å². The van der Waals surface area contributed by atoms with Crippen molar-refractivity contribution in [3.63, 3.8) is 0 Å². The molecule has 0 bridgehead atoms. The number of nitrogens with one attached hydrogen (secondary N) is 2. The van der Waals surface area contributed by atoms with Crippen molar-refractivity contribution < 1.29 is 27.5 Å². The lowest BCUT2D eigenvalue weighted by Gasteiger charge is -2.33. The number of carbonyl (C=O) groups is 2. The third kappa shape index (κ3) is 6.69. The molecule has 4 aromatic rings. The molecule has 0 saturated carbocycles. The van der Waals surface area contributed by atoms with E-state index in [1.165, 1.54) is 6.07 Å². The first-order chi connectivity index (χ1) is 20.3. The summed E-state index contributed by atoms with van der Waals surface area (Å²) >= 11 is 0. The van der Waals surface area contributed by atoms with Gasteiger partial charge in [-0.3, -0.25) is 10.1 Å². The molecule has 0 aromatic heterocycles. The van der Waals surface area contributed by atoms with Gasteiger partial charge in [-0.25, -0.2) is 17.9 Å². The summed E-state index contributed by atoms with van der Waals surface area (Å²) in [4.78, 5) is 26.4. The van der Waals surface area contributed by atoms with Gasteiger partial charge in [-0.2, -0.15) is 0 Å². The molecule has 5 rings (SSSR count). The van der Waals surface area contributed by atoms with Crippen LogP contribution in [0.3, 0.4) is 0 Å². The molecule has 42 heavy (non-hydrogen) atoms. The molecule has 0 radical (unpaired) electrons. The molecule has 0 fully saturated rings. The van der Waals surface area contributed by atoms with E-state index in [4.69, 9.17) is 15.2 Å². The number of Topliss-reactive ketones (excluding diaryl/α,β-unsaturated/α-hetero) is 1. The van der Waals surface area contributed by atoms with E-state index < -0.39 is 40.3 Å².